The van der Waals surface area contributed by atoms with Crippen molar-refractivity contribution in [2.45, 2.75) is 12.8 Å². The number of benzene rings is 2. The van der Waals surface area contributed by atoms with E-state index in [2.05, 4.69) is 22.4 Å². The lowest BCUT2D eigenvalue weighted by molar-refractivity contribution is 0.102. The van der Waals surface area contributed by atoms with Crippen LogP contribution in [0.4, 0.5) is 5.13 Å². The fraction of sp³-hybridized carbons (Fsp3) is 0.158. The summed E-state index contributed by atoms with van der Waals surface area (Å²) in [5.74, 6) is 0.201. The van der Waals surface area contributed by atoms with Gasteiger partial charge in [0, 0.05) is 15.5 Å². The highest BCUT2D eigenvalue weighted by molar-refractivity contribution is 7.16. The van der Waals surface area contributed by atoms with Crippen LogP contribution in [0, 0.1) is 0 Å². The van der Waals surface area contributed by atoms with Gasteiger partial charge in [-0.05, 0) is 36.6 Å². The maximum Gasteiger partial charge on any atom is 0.261 e. The number of anilines is 1. The molecule has 1 amide bonds. The van der Waals surface area contributed by atoms with Gasteiger partial charge in [-0.2, -0.15) is 0 Å². The van der Waals surface area contributed by atoms with Crippen molar-refractivity contribution in [1.29, 1.82) is 0 Å². The van der Waals surface area contributed by atoms with Crippen LogP contribution in [0.3, 0.4) is 0 Å². The van der Waals surface area contributed by atoms with Crippen molar-refractivity contribution >= 4 is 34.0 Å². The number of amides is 1. The van der Waals surface area contributed by atoms with E-state index in [0.29, 0.717) is 21.5 Å². The molecule has 6 heteroatoms. The maximum atomic E-state index is 12.6. The van der Waals surface area contributed by atoms with Crippen molar-refractivity contribution < 1.29 is 9.53 Å². The number of halogens is 1. The quantitative estimate of drug-likeness (QED) is 0.718. The Bertz CT molecular complexity index is 968. The molecule has 126 valence electrons. The van der Waals surface area contributed by atoms with Crippen LogP contribution in [0.1, 0.15) is 20.8 Å². The summed E-state index contributed by atoms with van der Waals surface area (Å²) in [6, 6.07) is 13.2. The van der Waals surface area contributed by atoms with Gasteiger partial charge < -0.3 is 4.74 Å². The minimum Gasteiger partial charge on any atom is -0.496 e. The molecule has 0 spiro atoms. The predicted molar refractivity (Wildman–Crippen MR) is 101 cm³/mol. The number of hydrogen-bond acceptors (Lipinski definition) is 4. The number of nitrogens with one attached hydrogen (secondary N) is 1. The van der Waals surface area contributed by atoms with Gasteiger partial charge in [-0.3, -0.25) is 10.1 Å². The third kappa shape index (κ3) is 3.01. The Morgan fingerprint density at radius 2 is 2.08 bits per heavy atom. The molecule has 4 rings (SSSR count). The average molecular weight is 371 g/mol. The second-order valence-corrected chi connectivity index (χ2v) is 7.27. The van der Waals surface area contributed by atoms with Crippen LogP contribution in [0.5, 0.6) is 5.75 Å². The van der Waals surface area contributed by atoms with E-state index in [1.807, 2.05) is 12.1 Å². The van der Waals surface area contributed by atoms with Crippen molar-refractivity contribution in [3.05, 3.63) is 63.5 Å². The number of rotatable bonds is 3. The van der Waals surface area contributed by atoms with Gasteiger partial charge in [-0.25, -0.2) is 4.98 Å². The smallest absolute Gasteiger partial charge is 0.261 e. The molecule has 0 unspecified atom stereocenters. The zero-order chi connectivity index (χ0) is 17.4. The summed E-state index contributed by atoms with van der Waals surface area (Å²) in [5, 5.41) is 3.95. The predicted octanol–water partition coefficient (Wildman–Crippen LogP) is 4.82. The lowest BCUT2D eigenvalue weighted by Gasteiger charge is -2.13. The number of nitrogens with zero attached hydrogens (tertiary/aromatic N) is 1. The molecule has 1 aromatic heterocycles. The fourth-order valence-electron chi connectivity index (χ4n) is 3.02. The summed E-state index contributed by atoms with van der Waals surface area (Å²) < 4.78 is 5.25. The number of carbonyl (C=O) groups excluding carboxylic acids is 1. The zero-order valence-electron chi connectivity index (χ0n) is 13.5. The number of carbonyl (C=O) groups is 1. The topological polar surface area (TPSA) is 51.2 Å². The van der Waals surface area contributed by atoms with Crippen LogP contribution in [-0.2, 0) is 12.8 Å². The summed E-state index contributed by atoms with van der Waals surface area (Å²) in [6.45, 7) is 0. The van der Waals surface area contributed by atoms with Crippen molar-refractivity contribution in [3.63, 3.8) is 0 Å². The summed E-state index contributed by atoms with van der Waals surface area (Å²) in [5.41, 5.74) is 3.82. The SMILES string of the molecule is COc1ccc(Cl)cc1C(=O)Nc1nc2c(s1)CCc1ccccc1-2. The number of fused-ring (bicyclic) bond motifs is 3. The largest absolute Gasteiger partial charge is 0.496 e. The van der Waals surface area contributed by atoms with Gasteiger partial charge in [0.1, 0.15) is 5.75 Å². The highest BCUT2D eigenvalue weighted by atomic mass is 35.5. The minimum absolute atomic E-state index is 0.279. The standard InChI is InChI=1S/C19H15ClN2O2S/c1-24-15-8-7-12(20)10-14(15)18(23)22-19-21-17-13-5-3-2-4-11(13)6-9-16(17)25-19/h2-5,7-8,10H,6,9H2,1H3,(H,21,22,23). The first-order valence-electron chi connectivity index (χ1n) is 7.88. The molecule has 1 aliphatic rings. The van der Waals surface area contributed by atoms with Crippen LogP contribution in [0.2, 0.25) is 5.02 Å². The second kappa shape index (κ2) is 6.50. The molecule has 0 aliphatic heterocycles. The Hall–Kier alpha value is -2.37. The number of thiazole rings is 1. The lowest BCUT2D eigenvalue weighted by Crippen LogP contribution is -2.13. The fourth-order valence-corrected chi connectivity index (χ4v) is 4.17. The van der Waals surface area contributed by atoms with Crippen LogP contribution < -0.4 is 10.1 Å². The van der Waals surface area contributed by atoms with E-state index < -0.39 is 0 Å². The van der Waals surface area contributed by atoms with E-state index >= 15 is 0 Å². The second-order valence-electron chi connectivity index (χ2n) is 5.75. The highest BCUT2D eigenvalue weighted by Crippen LogP contribution is 2.38. The van der Waals surface area contributed by atoms with Crippen LogP contribution in [0.25, 0.3) is 11.3 Å². The normalized spacial score (nSPS) is 12.2. The molecule has 1 N–H and O–H groups in total. The van der Waals surface area contributed by atoms with E-state index in [1.54, 1.807) is 18.2 Å². The Kier molecular flexibility index (Phi) is 4.19. The first kappa shape index (κ1) is 16.1. The summed E-state index contributed by atoms with van der Waals surface area (Å²) in [7, 11) is 1.53. The Labute approximate surface area is 154 Å². The van der Waals surface area contributed by atoms with E-state index in [4.69, 9.17) is 16.3 Å². The molecule has 0 bridgehead atoms. The van der Waals surface area contributed by atoms with Crippen LogP contribution in [0.15, 0.2) is 42.5 Å². The number of aryl methyl sites for hydroxylation is 2. The molecule has 1 heterocycles. The van der Waals surface area contributed by atoms with Crippen molar-refractivity contribution in [3.8, 4) is 17.0 Å². The molecule has 1 aliphatic carbocycles. The molecule has 25 heavy (non-hydrogen) atoms. The number of hydrogen-bond donors (Lipinski definition) is 1. The first-order valence-corrected chi connectivity index (χ1v) is 9.08. The summed E-state index contributed by atoms with van der Waals surface area (Å²) in [4.78, 5) is 18.5. The molecule has 3 aromatic rings. The molecular weight excluding hydrogens is 356 g/mol. The van der Waals surface area contributed by atoms with Crippen LogP contribution >= 0.6 is 22.9 Å². The maximum absolute atomic E-state index is 12.6. The molecule has 2 aromatic carbocycles. The zero-order valence-corrected chi connectivity index (χ0v) is 15.1. The van der Waals surface area contributed by atoms with Crippen LogP contribution in [-0.4, -0.2) is 18.0 Å². The molecule has 0 saturated heterocycles. The van der Waals surface area contributed by atoms with E-state index in [-0.39, 0.29) is 5.91 Å². The third-order valence-corrected chi connectivity index (χ3v) is 5.48. The summed E-state index contributed by atoms with van der Waals surface area (Å²) in [6.07, 6.45) is 1.95. The van der Waals surface area contributed by atoms with Crippen molar-refractivity contribution in [2.75, 3.05) is 12.4 Å². The van der Waals surface area contributed by atoms with Gasteiger partial charge in [-0.15, -0.1) is 11.3 Å². The minimum atomic E-state index is -0.279. The van der Waals surface area contributed by atoms with Gasteiger partial charge >= 0.3 is 0 Å². The Morgan fingerprint density at radius 1 is 1.24 bits per heavy atom. The van der Waals surface area contributed by atoms with E-state index in [0.717, 1.165) is 24.1 Å². The highest BCUT2D eigenvalue weighted by Gasteiger charge is 2.22. The molecular formula is C19H15ClN2O2S. The molecule has 0 radical (unpaired) electrons. The first-order chi connectivity index (χ1) is 12.2. The monoisotopic (exact) mass is 370 g/mol. The Balaban J connectivity index is 1.64. The van der Waals surface area contributed by atoms with Gasteiger partial charge in [-0.1, -0.05) is 35.9 Å². The van der Waals surface area contributed by atoms with E-state index in [1.165, 1.54) is 28.9 Å². The van der Waals surface area contributed by atoms with Gasteiger partial charge in [0.05, 0.1) is 18.4 Å². The van der Waals surface area contributed by atoms with Crippen molar-refractivity contribution in [2.24, 2.45) is 0 Å². The number of ether oxygens (including phenoxy) is 1. The number of methoxy groups -OCH3 is 1. The molecule has 0 fully saturated rings. The molecule has 4 nitrogen and oxygen atoms in total. The average Bonchev–Trinajstić information content (AvgIpc) is 3.04. The third-order valence-electron chi connectivity index (χ3n) is 4.22. The molecule has 0 saturated carbocycles. The molecule has 0 atom stereocenters. The Morgan fingerprint density at radius 3 is 2.92 bits per heavy atom. The van der Waals surface area contributed by atoms with Gasteiger partial charge in [0.25, 0.3) is 5.91 Å². The van der Waals surface area contributed by atoms with Gasteiger partial charge in [0.15, 0.2) is 5.13 Å². The lowest BCUT2D eigenvalue weighted by atomic mass is 9.94. The van der Waals surface area contributed by atoms with E-state index in [9.17, 15) is 4.79 Å². The summed E-state index contributed by atoms with van der Waals surface area (Å²) >= 11 is 7.53. The number of aromatic nitrogens is 1. The van der Waals surface area contributed by atoms with Crippen molar-refractivity contribution in [1.82, 2.24) is 4.98 Å². The van der Waals surface area contributed by atoms with Gasteiger partial charge in [0.2, 0.25) is 0 Å².